The van der Waals surface area contributed by atoms with Crippen molar-refractivity contribution in [2.45, 2.75) is 64.8 Å². The Morgan fingerprint density at radius 3 is 2.64 bits per heavy atom. The van der Waals surface area contributed by atoms with E-state index in [1.807, 2.05) is 11.9 Å². The fourth-order valence-electron chi connectivity index (χ4n) is 8.53. The van der Waals surface area contributed by atoms with E-state index in [0.29, 0.717) is 53.1 Å². The number of carbonyl (C=O) groups is 3. The minimum absolute atomic E-state index is 0.0208. The van der Waals surface area contributed by atoms with E-state index in [2.05, 4.69) is 25.2 Å². The molecule has 4 aliphatic rings. The molecule has 7 atom stereocenters. The standard InChI is InChI=1S/C29H39N3O4/c1-28-13-11-21-19(7-10-24-29(21,2)14-12-26(34)32(24)3)20(28)8-6-18(28)16-25(33)31-23-9-5-17(15-22(23)30)27(35)36-4/h5,9,12,14-15,18-21,24H,6-8,10-11,13,16,30H2,1-4H3,(H,31,33)/t18-,19?,20?,21?,24?,28-,29-/m1/s1. The molecule has 3 saturated carbocycles. The van der Waals surface area contributed by atoms with Crippen LogP contribution in [-0.4, -0.2) is 42.9 Å². The molecule has 0 radical (unpaired) electrons. The molecule has 36 heavy (non-hydrogen) atoms. The molecule has 4 unspecified atom stereocenters. The van der Waals surface area contributed by atoms with Crippen LogP contribution in [0.25, 0.3) is 0 Å². The van der Waals surface area contributed by atoms with Gasteiger partial charge >= 0.3 is 5.97 Å². The van der Waals surface area contributed by atoms with Crippen LogP contribution in [0.2, 0.25) is 0 Å². The molecule has 1 aliphatic heterocycles. The Balaban J connectivity index is 1.28. The molecule has 1 aromatic rings. The van der Waals surface area contributed by atoms with Crippen molar-refractivity contribution in [2.24, 2.45) is 34.5 Å². The Labute approximate surface area is 213 Å². The molecule has 0 spiro atoms. The number of nitrogens with zero attached hydrogens (tertiary/aromatic N) is 1. The molecule has 2 amide bonds. The van der Waals surface area contributed by atoms with Gasteiger partial charge in [-0.05, 0) is 91.9 Å². The Morgan fingerprint density at radius 2 is 1.92 bits per heavy atom. The van der Waals surface area contributed by atoms with Crippen LogP contribution in [0.4, 0.5) is 11.4 Å². The molecular weight excluding hydrogens is 454 g/mol. The van der Waals surface area contributed by atoms with E-state index in [0.717, 1.165) is 25.7 Å². The minimum Gasteiger partial charge on any atom is -0.465 e. The number of benzene rings is 1. The van der Waals surface area contributed by atoms with Crippen LogP contribution in [-0.2, 0) is 14.3 Å². The summed E-state index contributed by atoms with van der Waals surface area (Å²) in [6.45, 7) is 4.78. The van der Waals surface area contributed by atoms with Crippen LogP contribution >= 0.6 is 0 Å². The molecule has 7 nitrogen and oxygen atoms in total. The van der Waals surface area contributed by atoms with Gasteiger partial charge in [0.05, 0.1) is 24.0 Å². The summed E-state index contributed by atoms with van der Waals surface area (Å²) in [6, 6.07) is 5.12. The van der Waals surface area contributed by atoms with Crippen molar-refractivity contribution in [3.05, 3.63) is 35.9 Å². The number of hydrogen-bond donors (Lipinski definition) is 2. The van der Waals surface area contributed by atoms with Crippen molar-refractivity contribution in [1.82, 2.24) is 4.90 Å². The predicted molar refractivity (Wildman–Crippen MR) is 139 cm³/mol. The molecule has 1 heterocycles. The number of nitrogens with one attached hydrogen (secondary N) is 1. The van der Waals surface area contributed by atoms with Crippen molar-refractivity contribution < 1.29 is 19.1 Å². The van der Waals surface area contributed by atoms with Crippen LogP contribution in [0.15, 0.2) is 30.4 Å². The number of methoxy groups -OCH3 is 1. The molecule has 1 aromatic carbocycles. The zero-order valence-corrected chi connectivity index (χ0v) is 21.9. The molecule has 3 aliphatic carbocycles. The van der Waals surface area contributed by atoms with Crippen molar-refractivity contribution in [2.75, 3.05) is 25.2 Å². The van der Waals surface area contributed by atoms with Crippen LogP contribution in [0.1, 0.15) is 69.2 Å². The van der Waals surface area contributed by atoms with Crippen molar-refractivity contribution >= 4 is 29.2 Å². The first-order chi connectivity index (χ1) is 17.1. The predicted octanol–water partition coefficient (Wildman–Crippen LogP) is 4.64. The van der Waals surface area contributed by atoms with Gasteiger partial charge in [-0.15, -0.1) is 0 Å². The number of anilines is 2. The van der Waals surface area contributed by atoms with Gasteiger partial charge in [-0.3, -0.25) is 9.59 Å². The maximum Gasteiger partial charge on any atom is 0.337 e. The van der Waals surface area contributed by atoms with Gasteiger partial charge < -0.3 is 20.7 Å². The summed E-state index contributed by atoms with van der Waals surface area (Å²) in [6.07, 6.45) is 11.2. The van der Waals surface area contributed by atoms with Gasteiger partial charge in [0.25, 0.3) is 0 Å². The molecule has 3 fully saturated rings. The van der Waals surface area contributed by atoms with Gasteiger partial charge in [-0.1, -0.05) is 19.9 Å². The zero-order chi connectivity index (χ0) is 25.8. The fourth-order valence-corrected chi connectivity index (χ4v) is 8.53. The average Bonchev–Trinajstić information content (AvgIpc) is 3.18. The summed E-state index contributed by atoms with van der Waals surface area (Å²) in [5, 5.41) is 2.98. The smallest absolute Gasteiger partial charge is 0.337 e. The van der Waals surface area contributed by atoms with Gasteiger partial charge in [0.1, 0.15) is 0 Å². The SMILES string of the molecule is COC(=O)c1ccc(NC(=O)C[C@H]2CCC3C4CCC5N(C)C(=O)C=C[C@]5(C)C4CC[C@@]32C)c(N)c1. The van der Waals surface area contributed by atoms with E-state index in [1.54, 1.807) is 18.2 Å². The summed E-state index contributed by atoms with van der Waals surface area (Å²) < 4.78 is 4.74. The number of rotatable bonds is 4. The summed E-state index contributed by atoms with van der Waals surface area (Å²) >= 11 is 0. The van der Waals surface area contributed by atoms with E-state index < -0.39 is 5.97 Å². The highest BCUT2D eigenvalue weighted by atomic mass is 16.5. The summed E-state index contributed by atoms with van der Waals surface area (Å²) in [4.78, 5) is 39.1. The third kappa shape index (κ3) is 3.82. The number of nitrogen functional groups attached to an aromatic ring is 1. The lowest BCUT2D eigenvalue weighted by Gasteiger charge is -2.60. The van der Waals surface area contributed by atoms with Crippen molar-refractivity contribution in [3.8, 4) is 0 Å². The van der Waals surface area contributed by atoms with Gasteiger partial charge in [0, 0.05) is 24.9 Å². The molecule has 5 rings (SSSR count). The summed E-state index contributed by atoms with van der Waals surface area (Å²) in [5.41, 5.74) is 7.55. The number of carbonyl (C=O) groups excluding carboxylic acids is 3. The second-order valence-corrected chi connectivity index (χ2v) is 12.0. The maximum absolute atomic E-state index is 13.1. The van der Waals surface area contributed by atoms with Gasteiger partial charge in [0.15, 0.2) is 0 Å². The zero-order valence-electron chi connectivity index (χ0n) is 21.9. The van der Waals surface area contributed by atoms with Crippen LogP contribution in [0.3, 0.4) is 0 Å². The minimum atomic E-state index is -0.454. The van der Waals surface area contributed by atoms with Crippen LogP contribution < -0.4 is 11.1 Å². The molecule has 7 heteroatoms. The highest BCUT2D eigenvalue weighted by molar-refractivity contribution is 5.97. The Bertz CT molecular complexity index is 1120. The topological polar surface area (TPSA) is 102 Å². The number of fused-ring (bicyclic) bond motifs is 5. The lowest BCUT2D eigenvalue weighted by atomic mass is 9.47. The Morgan fingerprint density at radius 1 is 1.14 bits per heavy atom. The average molecular weight is 494 g/mol. The van der Waals surface area contributed by atoms with Crippen molar-refractivity contribution in [3.63, 3.8) is 0 Å². The molecule has 0 saturated heterocycles. The number of amides is 2. The van der Waals surface area contributed by atoms with E-state index in [9.17, 15) is 14.4 Å². The lowest BCUT2D eigenvalue weighted by molar-refractivity contribution is -0.139. The molecule has 0 bridgehead atoms. The normalized spacial score (nSPS) is 37.1. The van der Waals surface area contributed by atoms with E-state index >= 15 is 0 Å². The molecular formula is C29H39N3O4. The summed E-state index contributed by atoms with van der Waals surface area (Å²) in [5.74, 6) is 1.84. The van der Waals surface area contributed by atoms with E-state index in [-0.39, 0.29) is 22.6 Å². The Hall–Kier alpha value is -2.83. The number of esters is 1. The monoisotopic (exact) mass is 493 g/mol. The number of nitrogens with two attached hydrogens (primary N) is 1. The first-order valence-electron chi connectivity index (χ1n) is 13.3. The van der Waals surface area contributed by atoms with Crippen molar-refractivity contribution in [1.29, 1.82) is 0 Å². The number of ether oxygens (including phenoxy) is 1. The van der Waals surface area contributed by atoms with Gasteiger partial charge in [0.2, 0.25) is 11.8 Å². The quantitative estimate of drug-likeness (QED) is 0.470. The van der Waals surface area contributed by atoms with Gasteiger partial charge in [-0.25, -0.2) is 4.79 Å². The fraction of sp³-hybridized carbons (Fsp3) is 0.621. The third-order valence-corrected chi connectivity index (χ3v) is 10.5. The maximum atomic E-state index is 13.1. The number of hydrogen-bond acceptors (Lipinski definition) is 5. The number of likely N-dealkylation sites (N-methyl/N-ethyl adjacent to an activating group) is 1. The van der Waals surface area contributed by atoms with E-state index in [4.69, 9.17) is 10.5 Å². The third-order valence-electron chi connectivity index (χ3n) is 10.5. The molecule has 0 aromatic heterocycles. The lowest BCUT2D eigenvalue weighted by Crippen LogP contribution is -2.59. The first kappa shape index (κ1) is 24.8. The Kier molecular flexibility index (Phi) is 6.16. The second kappa shape index (κ2) is 8.93. The van der Waals surface area contributed by atoms with Crippen LogP contribution in [0, 0.1) is 34.5 Å². The van der Waals surface area contributed by atoms with Gasteiger partial charge in [-0.2, -0.15) is 0 Å². The first-order valence-corrected chi connectivity index (χ1v) is 13.3. The summed E-state index contributed by atoms with van der Waals surface area (Å²) in [7, 11) is 3.29. The van der Waals surface area contributed by atoms with E-state index in [1.165, 1.54) is 26.0 Å². The van der Waals surface area contributed by atoms with Crippen LogP contribution in [0.5, 0.6) is 0 Å². The highest BCUT2D eigenvalue weighted by Gasteiger charge is 2.60. The molecule has 3 N–H and O–H groups in total. The second-order valence-electron chi connectivity index (χ2n) is 12.0. The highest BCUT2D eigenvalue weighted by Crippen LogP contribution is 2.66. The molecule has 194 valence electrons. The largest absolute Gasteiger partial charge is 0.465 e.